The second-order valence-electron chi connectivity index (χ2n) is 33.0. The van der Waals surface area contributed by atoms with Crippen molar-refractivity contribution in [2.24, 2.45) is 0 Å². The number of ketones is 5. The molecule has 0 spiro atoms. The lowest BCUT2D eigenvalue weighted by Crippen LogP contribution is -2.19. The number of ether oxygens (including phenoxy) is 4. The van der Waals surface area contributed by atoms with Crippen LogP contribution in [0.5, 0.6) is 46.0 Å². The van der Waals surface area contributed by atoms with Gasteiger partial charge in [-0.1, -0.05) is 208 Å². The third-order valence-corrected chi connectivity index (χ3v) is 24.8. The zero-order valence-electron chi connectivity index (χ0n) is 71.2. The van der Waals surface area contributed by atoms with E-state index in [2.05, 4.69) is 43.5 Å². The molecule has 1 aliphatic carbocycles. The molecule has 16 nitrogen and oxygen atoms in total. The first kappa shape index (κ1) is 83.7. The van der Waals surface area contributed by atoms with Gasteiger partial charge in [0.1, 0.15) is 59.2 Å². The van der Waals surface area contributed by atoms with Gasteiger partial charge in [0, 0.05) is 71.3 Å². The molecule has 0 saturated heterocycles. The fraction of sp³-hybridized carbons (Fsp3) is 0.0870. The molecule has 0 heterocycles. The summed E-state index contributed by atoms with van der Waals surface area (Å²) >= 11 is 0. The first-order chi connectivity index (χ1) is 63.7. The van der Waals surface area contributed by atoms with Gasteiger partial charge in [0.15, 0.2) is 28.9 Å². The van der Waals surface area contributed by atoms with Crippen molar-refractivity contribution in [3.8, 4) is 46.0 Å². The largest absolute Gasteiger partial charge is 0.507 e. The van der Waals surface area contributed by atoms with E-state index in [1.54, 1.807) is 135 Å². The Bertz CT molecular complexity index is 8120. The highest BCUT2D eigenvalue weighted by Gasteiger charge is 2.28. The predicted molar refractivity (Wildman–Crippen MR) is 517 cm³/mol. The summed E-state index contributed by atoms with van der Waals surface area (Å²) in [5.41, 5.74) is 4.62. The summed E-state index contributed by atoms with van der Waals surface area (Å²) in [4.78, 5) is 90.4. The molecule has 16 heteroatoms. The van der Waals surface area contributed by atoms with E-state index in [1.807, 2.05) is 140 Å². The van der Waals surface area contributed by atoms with E-state index in [9.17, 15) is 59.1 Å². The minimum atomic E-state index is -0.481. The third kappa shape index (κ3) is 15.4. The molecule has 21 aromatic carbocycles. The molecule has 5 N–H and O–H groups in total. The second-order valence-corrected chi connectivity index (χ2v) is 33.0. The van der Waals surface area contributed by atoms with Crippen LogP contribution >= 0.6 is 0 Å². The monoisotopic (exact) mass is 1720 g/mol. The van der Waals surface area contributed by atoms with Crippen molar-refractivity contribution >= 4 is 170 Å². The molecule has 0 radical (unpaired) electrons. The van der Waals surface area contributed by atoms with Gasteiger partial charge in [-0.25, -0.2) is 9.59 Å². The Morgan fingerprint density at radius 2 is 0.496 bits per heavy atom. The standard InChI is InChI=1S/C30H18O4.C29H22O5.C29H24O3.C27H18O4/c31-25-7-3-1-5-23(25)29(33)21-15-11-17-10-14-20-22(30(34)24-6-2-4-8-26(24)32)16-12-18-9-13-19(21)27(17)28(18)20;1-17(2)29(32)34-16-15-33-25-14-10-19-7-11-20-21(28(31)22-5-3-4-6-24(22)30)12-8-18-9-13-23(25)27(19)26(18)20;30-25-9-5-4-8-23(25)29(31)22-15-11-18-12-16-24-26(32-20-6-2-1-3-7-20)17-13-19-10-14-21(22)27(18)28(19)24;1-15(2)27(30)31-23-14-10-17-7-11-18-19(26(29)20-5-3-4-6-22(20)28)12-8-16-9-13-21(23)25(17)24(16)18/h1-16,31-32H;3-14,30H,1,15-16H2,2H3;4-5,8-17,20,30H,1-3,6-7H2;3-14,28H,1H2,2H3. The highest BCUT2D eigenvalue weighted by atomic mass is 16.6. The fourth-order valence-corrected chi connectivity index (χ4v) is 18.4. The molecule has 1 aliphatic rings. The molecule has 0 unspecified atom stereocenters. The molecule has 0 atom stereocenters. The zero-order chi connectivity index (χ0) is 90.6. The Hall–Kier alpha value is -16.9. The topological polar surface area (TPSA) is 258 Å². The molecule has 21 aromatic rings. The van der Waals surface area contributed by atoms with E-state index in [0.29, 0.717) is 56.0 Å². The smallest absolute Gasteiger partial charge is 0.338 e. The van der Waals surface area contributed by atoms with Crippen LogP contribution in [0.3, 0.4) is 0 Å². The average Bonchev–Trinajstić information content (AvgIpc) is 0.751. The van der Waals surface area contributed by atoms with Crippen LogP contribution in [0.4, 0.5) is 0 Å². The number of hydrogen-bond donors (Lipinski definition) is 5. The second kappa shape index (κ2) is 34.8. The lowest BCUT2D eigenvalue weighted by atomic mass is 9.87. The maximum atomic E-state index is 13.4. The van der Waals surface area contributed by atoms with E-state index in [-0.39, 0.29) is 99.2 Å². The van der Waals surface area contributed by atoms with Gasteiger partial charge in [0.25, 0.3) is 0 Å². The van der Waals surface area contributed by atoms with Crippen molar-refractivity contribution in [2.45, 2.75) is 52.1 Å². The highest BCUT2D eigenvalue weighted by Crippen LogP contribution is 2.47. The van der Waals surface area contributed by atoms with Crippen molar-refractivity contribution < 1.29 is 78.0 Å². The van der Waals surface area contributed by atoms with Gasteiger partial charge in [0.2, 0.25) is 0 Å². The highest BCUT2D eigenvalue weighted by molar-refractivity contribution is 6.35. The number of aromatic hydroxyl groups is 5. The van der Waals surface area contributed by atoms with Crippen molar-refractivity contribution in [2.75, 3.05) is 13.2 Å². The van der Waals surface area contributed by atoms with Crippen LogP contribution in [0.2, 0.25) is 0 Å². The SMILES string of the molecule is C=C(C)C(=O)OCCOc1ccc2ccc3c(C(=O)c4ccccc4O)ccc4ccc1c2c43.C=C(C)C(=O)Oc1ccc2ccc3c(C(=O)c4ccccc4O)ccc4ccc1c2c43.O=C(c1ccccc1O)c1ccc2ccc3c(C(=O)c4ccccc4O)ccc4ccc1c2c43.O=C(c1ccccc1O)c1ccc2ccc3c(OC4CCCCC4)ccc4ccc1c2c43. The number of benzene rings is 21. The summed E-state index contributed by atoms with van der Waals surface area (Å²) in [6.45, 7) is 10.7. The van der Waals surface area contributed by atoms with Crippen LogP contribution in [-0.2, 0) is 14.3 Å². The van der Waals surface area contributed by atoms with E-state index in [0.717, 1.165) is 148 Å². The Morgan fingerprint density at radius 3 is 0.786 bits per heavy atom. The number of phenolic OH excluding ortho intramolecular Hbond substituents is 5. The first-order valence-corrected chi connectivity index (χ1v) is 43.1. The fourth-order valence-electron chi connectivity index (χ4n) is 18.4. The Morgan fingerprint density at radius 1 is 0.260 bits per heavy atom. The van der Waals surface area contributed by atoms with E-state index < -0.39 is 11.9 Å². The summed E-state index contributed by atoms with van der Waals surface area (Å²) in [6, 6.07) is 95.1. The van der Waals surface area contributed by atoms with Crippen molar-refractivity contribution in [1.82, 2.24) is 0 Å². The lowest BCUT2D eigenvalue weighted by Gasteiger charge is -2.24. The molecule has 1 fully saturated rings. The van der Waals surface area contributed by atoms with Gasteiger partial charge >= 0.3 is 11.9 Å². The molecule has 0 aromatic heterocycles. The van der Waals surface area contributed by atoms with Gasteiger partial charge in [-0.2, -0.15) is 0 Å². The number of esters is 2. The normalized spacial score (nSPS) is 12.2. The first-order valence-electron chi connectivity index (χ1n) is 43.1. The number of carbonyl (C=O) groups excluding carboxylic acids is 7. The van der Waals surface area contributed by atoms with Gasteiger partial charge < -0.3 is 44.5 Å². The Balaban J connectivity index is 0.000000113. The maximum Gasteiger partial charge on any atom is 0.338 e. The number of rotatable bonds is 19. The van der Waals surface area contributed by atoms with Crippen molar-refractivity contribution in [1.29, 1.82) is 0 Å². The minimum absolute atomic E-state index is 0.00589. The summed E-state index contributed by atoms with van der Waals surface area (Å²) in [5, 5.41) is 73.9. The number of hydrogen-bond acceptors (Lipinski definition) is 16. The summed E-state index contributed by atoms with van der Waals surface area (Å²) < 4.78 is 23.1. The van der Waals surface area contributed by atoms with Crippen LogP contribution < -0.4 is 14.2 Å². The van der Waals surface area contributed by atoms with E-state index >= 15 is 0 Å². The number of carbonyl (C=O) groups is 7. The molecule has 0 aliphatic heterocycles. The number of para-hydroxylation sites is 5. The van der Waals surface area contributed by atoms with Gasteiger partial charge in [-0.3, -0.25) is 24.0 Å². The van der Waals surface area contributed by atoms with Crippen LogP contribution in [0, 0.1) is 0 Å². The summed E-state index contributed by atoms with van der Waals surface area (Å²) in [5.74, 6) is -0.248. The average molecular weight is 1720 g/mol. The molecule has 638 valence electrons. The van der Waals surface area contributed by atoms with Crippen LogP contribution in [0.25, 0.3) is 129 Å². The summed E-state index contributed by atoms with van der Waals surface area (Å²) in [6.07, 6.45) is 6.26. The van der Waals surface area contributed by atoms with Crippen LogP contribution in [0.1, 0.15) is 126 Å². The molecule has 1 saturated carbocycles. The van der Waals surface area contributed by atoms with Crippen LogP contribution in [0.15, 0.2) is 340 Å². The molecule has 131 heavy (non-hydrogen) atoms. The molecule has 22 rings (SSSR count). The van der Waals surface area contributed by atoms with E-state index in [1.165, 1.54) is 43.5 Å². The Labute approximate surface area is 750 Å². The van der Waals surface area contributed by atoms with Crippen molar-refractivity contribution in [3.63, 3.8) is 0 Å². The van der Waals surface area contributed by atoms with Crippen molar-refractivity contribution in [3.05, 3.63) is 395 Å². The van der Waals surface area contributed by atoms with Gasteiger partial charge in [-0.15, -0.1) is 0 Å². The van der Waals surface area contributed by atoms with Gasteiger partial charge in [-0.05, 0) is 264 Å². The zero-order valence-corrected chi connectivity index (χ0v) is 71.2. The molecule has 0 amide bonds. The number of phenols is 5. The van der Waals surface area contributed by atoms with Gasteiger partial charge in [0.05, 0.1) is 33.9 Å². The molecule has 0 bridgehead atoms. The molecular formula is C115H82O16. The Kier molecular flexibility index (Phi) is 22.2. The quantitative estimate of drug-likeness (QED) is 0.0126. The predicted octanol–water partition coefficient (Wildman–Crippen LogP) is 25.7. The van der Waals surface area contributed by atoms with E-state index in [4.69, 9.17) is 18.9 Å². The summed E-state index contributed by atoms with van der Waals surface area (Å²) in [7, 11) is 0. The minimum Gasteiger partial charge on any atom is -0.507 e. The molecular weight excluding hydrogens is 1640 g/mol. The lowest BCUT2D eigenvalue weighted by molar-refractivity contribution is -0.139. The van der Waals surface area contributed by atoms with Crippen LogP contribution in [-0.4, -0.2) is 85.7 Å². The maximum absolute atomic E-state index is 13.4. The third-order valence-electron chi connectivity index (χ3n) is 24.8.